The van der Waals surface area contributed by atoms with Gasteiger partial charge >= 0.3 is 0 Å². The van der Waals surface area contributed by atoms with Gasteiger partial charge in [-0.2, -0.15) is 4.39 Å². The Bertz CT molecular complexity index is 947. The van der Waals surface area contributed by atoms with Crippen LogP contribution in [-0.4, -0.2) is 22.5 Å². The number of amides is 1. The number of hydrogen-bond acceptors (Lipinski definition) is 2. The van der Waals surface area contributed by atoms with Crippen molar-refractivity contribution in [2.45, 2.75) is 46.0 Å². The van der Waals surface area contributed by atoms with Crippen LogP contribution in [0.5, 0.6) is 5.75 Å². The molecule has 1 saturated carbocycles. The maximum atomic E-state index is 13.7. The van der Waals surface area contributed by atoms with Crippen LogP contribution in [0.4, 0.5) is 8.78 Å². The minimum atomic E-state index is -1.30. The average molecular weight is 429 g/mol. The third-order valence-corrected chi connectivity index (χ3v) is 5.98. The summed E-state index contributed by atoms with van der Waals surface area (Å²) >= 11 is 0. The van der Waals surface area contributed by atoms with Crippen molar-refractivity contribution in [3.8, 4) is 16.9 Å². The van der Waals surface area contributed by atoms with Crippen LogP contribution in [-0.2, 0) is 0 Å². The van der Waals surface area contributed by atoms with Crippen molar-refractivity contribution in [3.05, 3.63) is 65.5 Å². The molecule has 1 fully saturated rings. The van der Waals surface area contributed by atoms with Crippen LogP contribution < -0.4 is 5.32 Å². The zero-order chi connectivity index (χ0) is 22.4. The summed E-state index contributed by atoms with van der Waals surface area (Å²) in [5, 5.41) is 12.6. The van der Waals surface area contributed by atoms with Gasteiger partial charge in [0.1, 0.15) is 0 Å². The van der Waals surface area contributed by atoms with E-state index in [1.165, 1.54) is 18.0 Å². The summed E-state index contributed by atoms with van der Waals surface area (Å²) in [6.07, 6.45) is 15.0. The van der Waals surface area contributed by atoms with Crippen molar-refractivity contribution in [3.63, 3.8) is 0 Å². The first kappa shape index (κ1) is 22.8. The molecule has 6 heteroatoms. The molecular formula is C25H30F2N2O2. The summed E-state index contributed by atoms with van der Waals surface area (Å²) in [6.45, 7) is 4.78. The van der Waals surface area contributed by atoms with Crippen LogP contribution in [0.2, 0.25) is 0 Å². The quantitative estimate of drug-likeness (QED) is 0.466. The highest BCUT2D eigenvalue weighted by molar-refractivity contribution is 6.00. The molecule has 0 radical (unpaired) electrons. The molecule has 2 aromatic rings. The lowest BCUT2D eigenvalue weighted by Gasteiger charge is -2.29. The number of rotatable bonds is 7. The first-order chi connectivity index (χ1) is 14.9. The van der Waals surface area contributed by atoms with Crippen LogP contribution >= 0.6 is 0 Å². The molecule has 31 heavy (non-hydrogen) atoms. The number of carbonyl (C=O) groups excluding carboxylic acids is 1. The summed E-state index contributed by atoms with van der Waals surface area (Å²) < 4.78 is 27.1. The molecule has 1 amide bonds. The monoisotopic (exact) mass is 428 g/mol. The molecular weight excluding hydrogens is 398 g/mol. The van der Waals surface area contributed by atoms with Crippen molar-refractivity contribution in [1.29, 1.82) is 0 Å². The lowest BCUT2D eigenvalue weighted by atomic mass is 9.78. The van der Waals surface area contributed by atoms with Gasteiger partial charge in [0.15, 0.2) is 17.4 Å². The SMILES string of the molecule is C/C=C\C(=C/CC)C1CCC(CNC(=O)c2c[nH]cc2-c2cc(O)c(F)c(F)c2)CC1. The van der Waals surface area contributed by atoms with E-state index in [0.29, 0.717) is 29.5 Å². The Morgan fingerprint density at radius 3 is 2.61 bits per heavy atom. The Kier molecular flexibility index (Phi) is 7.66. The van der Waals surface area contributed by atoms with Gasteiger partial charge in [-0.3, -0.25) is 4.79 Å². The third-order valence-electron chi connectivity index (χ3n) is 5.98. The Labute approximate surface area is 182 Å². The summed E-state index contributed by atoms with van der Waals surface area (Å²) in [5.41, 5.74) is 2.40. The Hall–Kier alpha value is -2.89. The Balaban J connectivity index is 1.60. The van der Waals surface area contributed by atoms with Crippen molar-refractivity contribution in [2.75, 3.05) is 6.54 Å². The van der Waals surface area contributed by atoms with Gasteiger partial charge < -0.3 is 15.4 Å². The minimum absolute atomic E-state index is 0.238. The van der Waals surface area contributed by atoms with Gasteiger partial charge in [0.05, 0.1) is 5.56 Å². The van der Waals surface area contributed by atoms with Crippen LogP contribution in [0.3, 0.4) is 0 Å². The number of hydrogen-bond donors (Lipinski definition) is 3. The molecule has 3 N–H and O–H groups in total. The summed E-state index contributed by atoms with van der Waals surface area (Å²) in [7, 11) is 0. The van der Waals surface area contributed by atoms with Crippen molar-refractivity contribution >= 4 is 5.91 Å². The van der Waals surface area contributed by atoms with Crippen LogP contribution in [0.15, 0.2) is 48.3 Å². The van der Waals surface area contributed by atoms with E-state index >= 15 is 0 Å². The van der Waals surface area contributed by atoms with Crippen LogP contribution in [0.1, 0.15) is 56.3 Å². The standard InChI is InChI=1S/C25H30F2N2O2/c1-3-5-17(6-4-2)18-9-7-16(8-10-18)13-29-25(31)21-15-28-14-20(21)19-11-22(26)24(27)23(30)12-19/h3,5-6,11-12,14-16,18,28,30H,4,7-10,13H2,1-2H3,(H,29,31)/b5-3-,17-6+. The largest absolute Gasteiger partial charge is 0.505 e. The number of H-pyrrole nitrogens is 1. The number of phenols is 1. The van der Waals surface area contributed by atoms with Gasteiger partial charge in [-0.25, -0.2) is 4.39 Å². The molecule has 3 rings (SSSR count). The van der Waals surface area contributed by atoms with Gasteiger partial charge in [-0.1, -0.05) is 25.2 Å². The van der Waals surface area contributed by atoms with Crippen LogP contribution in [0, 0.1) is 23.5 Å². The maximum absolute atomic E-state index is 13.7. The molecule has 1 aliphatic carbocycles. The topological polar surface area (TPSA) is 65.1 Å². The summed E-state index contributed by atoms with van der Waals surface area (Å²) in [5.74, 6) is -2.51. The van der Waals surface area contributed by atoms with Gasteiger partial charge in [-0.15, -0.1) is 0 Å². The number of halogens is 2. The number of nitrogens with one attached hydrogen (secondary N) is 2. The number of phenolic OH excluding ortho intramolecular Hbond substituents is 1. The lowest BCUT2D eigenvalue weighted by Crippen LogP contribution is -2.31. The van der Waals surface area contributed by atoms with E-state index in [2.05, 4.69) is 35.5 Å². The van der Waals surface area contributed by atoms with Crippen molar-refractivity contribution in [1.82, 2.24) is 10.3 Å². The lowest BCUT2D eigenvalue weighted by molar-refractivity contribution is 0.0943. The number of benzene rings is 1. The molecule has 0 spiro atoms. The second-order valence-corrected chi connectivity index (χ2v) is 8.11. The number of carbonyl (C=O) groups is 1. The van der Waals surface area contributed by atoms with Crippen molar-refractivity contribution < 1.29 is 18.7 Å². The predicted octanol–water partition coefficient (Wildman–Crippen LogP) is 6.11. The third kappa shape index (κ3) is 5.43. The molecule has 0 bridgehead atoms. The predicted molar refractivity (Wildman–Crippen MR) is 119 cm³/mol. The molecule has 0 unspecified atom stereocenters. The molecule has 0 aliphatic heterocycles. The minimum Gasteiger partial charge on any atom is -0.505 e. The number of allylic oxidation sites excluding steroid dienone is 4. The molecule has 1 aliphatic rings. The normalized spacial score (nSPS) is 19.7. The van der Waals surface area contributed by atoms with E-state index in [1.807, 2.05) is 6.92 Å². The highest BCUT2D eigenvalue weighted by atomic mass is 19.2. The molecule has 4 nitrogen and oxygen atoms in total. The summed E-state index contributed by atoms with van der Waals surface area (Å²) in [6, 6.07) is 2.09. The van der Waals surface area contributed by atoms with Gasteiger partial charge in [0.2, 0.25) is 0 Å². The second-order valence-electron chi connectivity index (χ2n) is 8.11. The Morgan fingerprint density at radius 1 is 1.23 bits per heavy atom. The molecule has 1 aromatic carbocycles. The number of aromatic nitrogens is 1. The van der Waals surface area contributed by atoms with Gasteiger partial charge in [0.25, 0.3) is 5.91 Å². The maximum Gasteiger partial charge on any atom is 0.253 e. The fourth-order valence-corrected chi connectivity index (χ4v) is 4.35. The Morgan fingerprint density at radius 2 is 1.97 bits per heavy atom. The van der Waals surface area contributed by atoms with E-state index in [4.69, 9.17) is 0 Å². The van der Waals surface area contributed by atoms with E-state index in [1.54, 1.807) is 0 Å². The highest BCUT2D eigenvalue weighted by Crippen LogP contribution is 2.34. The zero-order valence-corrected chi connectivity index (χ0v) is 18.1. The highest BCUT2D eigenvalue weighted by Gasteiger charge is 2.24. The van der Waals surface area contributed by atoms with E-state index in [9.17, 15) is 18.7 Å². The van der Waals surface area contributed by atoms with E-state index in [-0.39, 0.29) is 11.5 Å². The number of aromatic hydroxyl groups is 1. The van der Waals surface area contributed by atoms with Gasteiger partial charge in [0, 0.05) is 24.5 Å². The zero-order valence-electron chi connectivity index (χ0n) is 18.1. The molecule has 166 valence electrons. The molecule has 0 saturated heterocycles. The smallest absolute Gasteiger partial charge is 0.253 e. The molecule has 1 heterocycles. The number of aromatic amines is 1. The van der Waals surface area contributed by atoms with E-state index in [0.717, 1.165) is 44.2 Å². The van der Waals surface area contributed by atoms with E-state index < -0.39 is 17.4 Å². The fourth-order valence-electron chi connectivity index (χ4n) is 4.35. The molecule has 1 aromatic heterocycles. The fraction of sp³-hybridized carbons (Fsp3) is 0.400. The first-order valence-electron chi connectivity index (χ1n) is 10.9. The van der Waals surface area contributed by atoms with Crippen LogP contribution in [0.25, 0.3) is 11.1 Å². The average Bonchev–Trinajstić information content (AvgIpc) is 3.26. The first-order valence-corrected chi connectivity index (χ1v) is 10.9. The summed E-state index contributed by atoms with van der Waals surface area (Å²) in [4.78, 5) is 15.6. The second kappa shape index (κ2) is 10.4. The van der Waals surface area contributed by atoms with Crippen molar-refractivity contribution in [2.24, 2.45) is 11.8 Å². The van der Waals surface area contributed by atoms with Gasteiger partial charge in [-0.05, 0) is 74.1 Å². The molecule has 0 atom stereocenters.